The van der Waals surface area contributed by atoms with Gasteiger partial charge < -0.3 is 14.6 Å². The van der Waals surface area contributed by atoms with Gasteiger partial charge in [-0.2, -0.15) is 0 Å². The maximum Gasteiger partial charge on any atom is 0.303 e. The number of aliphatic carboxylic acids is 1. The Morgan fingerprint density at radius 2 is 1.97 bits per heavy atom. The van der Waals surface area contributed by atoms with Crippen LogP contribution in [0, 0.1) is 0 Å². The number of nitrogens with zero attached hydrogens (tertiary/aromatic N) is 1. The monoisotopic (exact) mass is 449 g/mol. The maximum absolute atomic E-state index is 10.9. The zero-order valence-electron chi connectivity index (χ0n) is 20.0. The van der Waals surface area contributed by atoms with Crippen LogP contribution < -0.4 is 9.47 Å². The fraction of sp³-hybridized carbons (Fsp3) is 0.429. The third kappa shape index (κ3) is 7.21. The van der Waals surface area contributed by atoms with E-state index in [1.807, 2.05) is 24.4 Å². The third-order valence-electron chi connectivity index (χ3n) is 5.93. The number of ether oxygens (including phenoxy) is 2. The van der Waals surface area contributed by atoms with Gasteiger partial charge in [0.2, 0.25) is 0 Å². The Bertz CT molecular complexity index is 1010. The Morgan fingerprint density at radius 3 is 2.67 bits per heavy atom. The smallest absolute Gasteiger partial charge is 0.303 e. The molecule has 0 fully saturated rings. The van der Waals surface area contributed by atoms with Crippen molar-refractivity contribution in [1.29, 1.82) is 0 Å². The molecule has 0 spiro atoms. The van der Waals surface area contributed by atoms with E-state index in [9.17, 15) is 4.79 Å². The molecule has 176 valence electrons. The first kappa shape index (κ1) is 24.6. The van der Waals surface area contributed by atoms with Crippen LogP contribution in [0.1, 0.15) is 68.7 Å². The number of carbonyl (C=O) groups is 1. The van der Waals surface area contributed by atoms with Crippen molar-refractivity contribution in [3.05, 3.63) is 70.9 Å². The molecule has 0 aromatic heterocycles. The number of rotatable bonds is 12. The molecule has 33 heavy (non-hydrogen) atoms. The summed E-state index contributed by atoms with van der Waals surface area (Å²) < 4.78 is 12.3. The molecule has 1 heterocycles. The molecule has 2 aromatic carbocycles. The average Bonchev–Trinajstić information content (AvgIpc) is 2.83. The van der Waals surface area contributed by atoms with Crippen LogP contribution in [0.25, 0.3) is 0 Å². The molecule has 5 nitrogen and oxygen atoms in total. The standard InChI is InChI=1S/C28H35NO4/c1-4-21-9-13-27(25(18-21)26-8-6-7-16-29-26)33-20(3)15-17-32-24-12-10-23(11-14-28(30)31)22(5-2)19-24/h7,9-10,12-13,16,18-20H,4-6,8,11,14-15,17H2,1-3H3,(H,30,31)/t20-/m1/s1. The summed E-state index contributed by atoms with van der Waals surface area (Å²) in [7, 11) is 0. The summed E-state index contributed by atoms with van der Waals surface area (Å²) >= 11 is 0. The van der Waals surface area contributed by atoms with Gasteiger partial charge in [0.1, 0.15) is 11.5 Å². The van der Waals surface area contributed by atoms with E-state index in [4.69, 9.17) is 14.6 Å². The maximum atomic E-state index is 10.9. The molecule has 0 saturated carbocycles. The lowest BCUT2D eigenvalue weighted by Crippen LogP contribution is -2.18. The molecule has 5 heteroatoms. The molecule has 2 aromatic rings. The lowest BCUT2D eigenvalue weighted by atomic mass is 9.99. The Kier molecular flexibility index (Phi) is 9.11. The van der Waals surface area contributed by atoms with Crippen LogP contribution in [0.4, 0.5) is 0 Å². The van der Waals surface area contributed by atoms with Crippen LogP contribution >= 0.6 is 0 Å². The number of aryl methyl sites for hydroxylation is 3. The topological polar surface area (TPSA) is 68.1 Å². The minimum atomic E-state index is -0.772. The highest BCUT2D eigenvalue weighted by molar-refractivity contribution is 6.03. The average molecular weight is 450 g/mol. The molecular weight excluding hydrogens is 414 g/mol. The zero-order valence-corrected chi connectivity index (χ0v) is 20.0. The second-order valence-corrected chi connectivity index (χ2v) is 8.43. The van der Waals surface area contributed by atoms with Crippen LogP contribution in [-0.2, 0) is 24.1 Å². The lowest BCUT2D eigenvalue weighted by molar-refractivity contribution is -0.136. The zero-order chi connectivity index (χ0) is 23.6. The van der Waals surface area contributed by atoms with Crippen LogP contribution in [0.5, 0.6) is 11.5 Å². The summed E-state index contributed by atoms with van der Waals surface area (Å²) in [4.78, 5) is 15.5. The second-order valence-electron chi connectivity index (χ2n) is 8.43. The number of hydrogen-bond donors (Lipinski definition) is 1. The van der Waals surface area contributed by atoms with E-state index in [2.05, 4.69) is 50.0 Å². The molecule has 0 saturated heterocycles. The number of hydrogen-bond acceptors (Lipinski definition) is 4. The van der Waals surface area contributed by atoms with Crippen molar-refractivity contribution in [2.75, 3.05) is 6.61 Å². The van der Waals surface area contributed by atoms with Gasteiger partial charge in [0.25, 0.3) is 0 Å². The van der Waals surface area contributed by atoms with Crippen LogP contribution in [0.2, 0.25) is 0 Å². The normalized spacial score (nSPS) is 14.0. The fourth-order valence-electron chi connectivity index (χ4n) is 3.96. The molecule has 3 rings (SSSR count). The predicted octanol–water partition coefficient (Wildman–Crippen LogP) is 6.16. The fourth-order valence-corrected chi connectivity index (χ4v) is 3.96. The van der Waals surface area contributed by atoms with Gasteiger partial charge in [0.05, 0.1) is 18.4 Å². The highest BCUT2D eigenvalue weighted by Gasteiger charge is 2.15. The van der Waals surface area contributed by atoms with Crippen molar-refractivity contribution in [2.24, 2.45) is 4.99 Å². The van der Waals surface area contributed by atoms with Crippen molar-refractivity contribution >= 4 is 11.7 Å². The van der Waals surface area contributed by atoms with E-state index in [0.717, 1.165) is 66.0 Å². The molecular formula is C28H35NO4. The molecule has 1 aliphatic heterocycles. The quantitative estimate of drug-likeness (QED) is 0.421. The largest absolute Gasteiger partial charge is 0.493 e. The van der Waals surface area contributed by atoms with Gasteiger partial charge in [-0.1, -0.05) is 32.1 Å². The summed E-state index contributed by atoms with van der Waals surface area (Å²) in [6, 6.07) is 12.3. The number of benzene rings is 2. The van der Waals surface area contributed by atoms with Crippen LogP contribution in [0.3, 0.4) is 0 Å². The number of allylic oxidation sites excluding steroid dienone is 1. The van der Waals surface area contributed by atoms with E-state index < -0.39 is 5.97 Å². The van der Waals surface area contributed by atoms with E-state index in [-0.39, 0.29) is 12.5 Å². The summed E-state index contributed by atoms with van der Waals surface area (Å²) in [6.45, 7) is 6.85. The second kappa shape index (κ2) is 12.2. The van der Waals surface area contributed by atoms with Crippen LogP contribution in [-0.4, -0.2) is 29.5 Å². The van der Waals surface area contributed by atoms with Gasteiger partial charge >= 0.3 is 5.97 Å². The van der Waals surface area contributed by atoms with Crippen molar-refractivity contribution in [1.82, 2.24) is 0 Å². The molecule has 0 unspecified atom stereocenters. The van der Waals surface area contributed by atoms with Gasteiger partial charge in [-0.05, 0) is 80.0 Å². The lowest BCUT2D eigenvalue weighted by Gasteiger charge is -2.20. The molecule has 1 N–H and O–H groups in total. The number of carboxylic acid groups (broad SMARTS) is 1. The van der Waals surface area contributed by atoms with Crippen LogP contribution in [0.15, 0.2) is 53.7 Å². The molecule has 0 amide bonds. The number of carboxylic acids is 1. The Hall–Kier alpha value is -3.08. The van der Waals surface area contributed by atoms with Gasteiger partial charge in [-0.25, -0.2) is 0 Å². The molecule has 1 aliphatic rings. The van der Waals surface area contributed by atoms with Crippen molar-refractivity contribution < 1.29 is 19.4 Å². The van der Waals surface area contributed by atoms with Gasteiger partial charge in [0.15, 0.2) is 0 Å². The Balaban J connectivity index is 1.59. The van der Waals surface area contributed by atoms with E-state index in [1.54, 1.807) is 0 Å². The summed E-state index contributed by atoms with van der Waals surface area (Å²) in [5, 5.41) is 8.94. The molecule has 0 radical (unpaired) electrons. The first-order chi connectivity index (χ1) is 16.0. The van der Waals surface area contributed by atoms with E-state index >= 15 is 0 Å². The van der Waals surface area contributed by atoms with Gasteiger partial charge in [0, 0.05) is 24.6 Å². The first-order valence-corrected chi connectivity index (χ1v) is 12.0. The SMILES string of the molecule is CCc1ccc(O[C@H](C)CCOc2ccc(CCC(=O)O)c(CC)c2)c(C2=NC=CCC2)c1. The van der Waals surface area contributed by atoms with Crippen molar-refractivity contribution in [3.8, 4) is 11.5 Å². The Labute approximate surface area is 197 Å². The molecule has 0 bridgehead atoms. The van der Waals surface area contributed by atoms with Crippen molar-refractivity contribution in [2.45, 2.75) is 71.8 Å². The highest BCUT2D eigenvalue weighted by atomic mass is 16.5. The molecule has 0 aliphatic carbocycles. The third-order valence-corrected chi connectivity index (χ3v) is 5.93. The molecule has 1 atom stereocenters. The first-order valence-electron chi connectivity index (χ1n) is 12.0. The van der Waals surface area contributed by atoms with E-state index in [0.29, 0.717) is 13.0 Å². The minimum absolute atomic E-state index is 0.00329. The van der Waals surface area contributed by atoms with Crippen molar-refractivity contribution in [3.63, 3.8) is 0 Å². The highest BCUT2D eigenvalue weighted by Crippen LogP contribution is 2.26. The van der Waals surface area contributed by atoms with Gasteiger partial charge in [-0.3, -0.25) is 9.79 Å². The van der Waals surface area contributed by atoms with Gasteiger partial charge in [-0.15, -0.1) is 0 Å². The van der Waals surface area contributed by atoms with E-state index in [1.165, 1.54) is 5.56 Å². The minimum Gasteiger partial charge on any atom is -0.493 e. The number of aliphatic imine (C=N–C) groups is 1. The summed E-state index contributed by atoms with van der Waals surface area (Å²) in [5.41, 5.74) is 5.68. The predicted molar refractivity (Wildman–Crippen MR) is 133 cm³/mol. The summed E-state index contributed by atoms with van der Waals surface area (Å²) in [6.07, 6.45) is 9.19. The Morgan fingerprint density at radius 1 is 1.12 bits per heavy atom. The summed E-state index contributed by atoms with van der Waals surface area (Å²) in [5.74, 6) is 0.921.